The lowest BCUT2D eigenvalue weighted by atomic mass is 9.96. The number of amides is 3. The number of carbonyl (C=O) groups is 3. The summed E-state index contributed by atoms with van der Waals surface area (Å²) in [7, 11) is 0. The maximum Gasteiger partial charge on any atom is 0.321 e. The van der Waals surface area contributed by atoms with Crippen LogP contribution in [0.1, 0.15) is 71.1 Å². The first-order valence-electron chi connectivity index (χ1n) is 8.85. The quantitative estimate of drug-likeness (QED) is 0.761. The summed E-state index contributed by atoms with van der Waals surface area (Å²) in [4.78, 5) is 35.5. The van der Waals surface area contributed by atoms with Gasteiger partial charge in [-0.15, -0.1) is 0 Å². The molecule has 0 aliphatic heterocycles. The van der Waals surface area contributed by atoms with Gasteiger partial charge in [0.25, 0.3) is 5.91 Å². The normalized spacial score (nSPS) is 20.7. The molecule has 6 nitrogen and oxygen atoms in total. The maximum absolute atomic E-state index is 11.9. The molecule has 0 heterocycles. The second-order valence-corrected chi connectivity index (χ2v) is 6.78. The molecule has 2 N–H and O–H groups in total. The topological polar surface area (TPSA) is 84.5 Å². The molecule has 2 rings (SSSR count). The van der Waals surface area contributed by atoms with Gasteiger partial charge >= 0.3 is 12.0 Å². The Labute approximate surface area is 137 Å². The Morgan fingerprint density at radius 2 is 1.61 bits per heavy atom. The van der Waals surface area contributed by atoms with Crippen molar-refractivity contribution in [1.82, 2.24) is 10.6 Å². The Balaban J connectivity index is 1.66. The molecule has 1 atom stereocenters. The van der Waals surface area contributed by atoms with Gasteiger partial charge in [0.15, 0.2) is 6.10 Å². The van der Waals surface area contributed by atoms with Crippen molar-refractivity contribution in [3.05, 3.63) is 0 Å². The third-order valence-electron chi connectivity index (χ3n) is 4.78. The van der Waals surface area contributed by atoms with Gasteiger partial charge in [0, 0.05) is 12.5 Å². The summed E-state index contributed by atoms with van der Waals surface area (Å²) in [5.74, 6) is -0.544. The summed E-state index contributed by atoms with van der Waals surface area (Å²) in [6.07, 6.45) is 9.17. The molecule has 0 saturated heterocycles. The van der Waals surface area contributed by atoms with Gasteiger partial charge in [-0.1, -0.05) is 32.1 Å². The van der Waals surface area contributed by atoms with Crippen LogP contribution in [0.5, 0.6) is 0 Å². The monoisotopic (exact) mass is 324 g/mol. The van der Waals surface area contributed by atoms with Crippen LogP contribution in [0, 0.1) is 5.92 Å². The van der Waals surface area contributed by atoms with Gasteiger partial charge in [0.05, 0.1) is 0 Å². The Hall–Kier alpha value is -1.59. The van der Waals surface area contributed by atoms with Crippen molar-refractivity contribution in [1.29, 1.82) is 0 Å². The molecule has 0 aromatic carbocycles. The van der Waals surface area contributed by atoms with Crippen molar-refractivity contribution in [3.8, 4) is 0 Å². The third kappa shape index (κ3) is 6.20. The molecule has 23 heavy (non-hydrogen) atoms. The van der Waals surface area contributed by atoms with E-state index in [0.717, 1.165) is 51.4 Å². The van der Waals surface area contributed by atoms with Crippen LogP contribution >= 0.6 is 0 Å². The second kappa shape index (κ2) is 8.89. The molecule has 3 amide bonds. The lowest BCUT2D eigenvalue weighted by molar-refractivity contribution is -0.155. The first-order valence-corrected chi connectivity index (χ1v) is 8.85. The first kappa shape index (κ1) is 17.8. The van der Waals surface area contributed by atoms with Crippen molar-refractivity contribution < 1.29 is 19.1 Å². The number of nitrogens with one attached hydrogen (secondary N) is 2. The van der Waals surface area contributed by atoms with Crippen LogP contribution in [0.2, 0.25) is 0 Å². The summed E-state index contributed by atoms with van der Waals surface area (Å²) in [6.45, 7) is 1.50. The molecule has 2 saturated carbocycles. The average Bonchev–Trinajstić information content (AvgIpc) is 3.00. The number of imide groups is 1. The Morgan fingerprint density at radius 1 is 1.00 bits per heavy atom. The molecule has 2 aliphatic carbocycles. The first-order chi connectivity index (χ1) is 11.0. The second-order valence-electron chi connectivity index (χ2n) is 6.78. The zero-order valence-electron chi connectivity index (χ0n) is 13.9. The van der Waals surface area contributed by atoms with Crippen molar-refractivity contribution >= 4 is 17.9 Å². The van der Waals surface area contributed by atoms with Crippen molar-refractivity contribution in [2.75, 3.05) is 0 Å². The molecule has 6 heteroatoms. The van der Waals surface area contributed by atoms with Crippen molar-refractivity contribution in [3.63, 3.8) is 0 Å². The zero-order chi connectivity index (χ0) is 16.7. The Morgan fingerprint density at radius 3 is 2.26 bits per heavy atom. The minimum absolute atomic E-state index is 0.136. The van der Waals surface area contributed by atoms with Gasteiger partial charge in [0.2, 0.25) is 0 Å². The molecule has 0 aromatic heterocycles. The molecule has 0 spiro atoms. The average molecular weight is 324 g/mol. The number of carbonyl (C=O) groups excluding carboxylic acids is 3. The Kier molecular flexibility index (Phi) is 6.86. The molecule has 2 fully saturated rings. The summed E-state index contributed by atoms with van der Waals surface area (Å²) in [6, 6.07) is -0.364. The van der Waals surface area contributed by atoms with E-state index in [-0.39, 0.29) is 12.0 Å². The van der Waals surface area contributed by atoms with Gasteiger partial charge < -0.3 is 10.1 Å². The predicted octanol–water partition coefficient (Wildman–Crippen LogP) is 2.66. The van der Waals surface area contributed by atoms with E-state index in [2.05, 4.69) is 10.6 Å². The lowest BCUT2D eigenvalue weighted by Crippen LogP contribution is -2.48. The van der Waals surface area contributed by atoms with E-state index in [1.165, 1.54) is 13.3 Å². The highest BCUT2D eigenvalue weighted by Gasteiger charge is 2.24. The van der Waals surface area contributed by atoms with E-state index < -0.39 is 18.0 Å². The number of urea groups is 1. The SMILES string of the molecule is C[C@@H](OC(=O)CC1CCCC1)C(=O)NC(=O)NC1CCCCC1. The summed E-state index contributed by atoms with van der Waals surface area (Å²) in [5.41, 5.74) is 0. The summed E-state index contributed by atoms with van der Waals surface area (Å²) < 4.78 is 5.13. The fourth-order valence-electron chi connectivity index (χ4n) is 3.43. The molecular weight excluding hydrogens is 296 g/mol. The minimum Gasteiger partial charge on any atom is -0.453 e. The zero-order valence-corrected chi connectivity index (χ0v) is 13.9. The van der Waals surface area contributed by atoms with Crippen LogP contribution in [-0.2, 0) is 14.3 Å². The summed E-state index contributed by atoms with van der Waals surface area (Å²) in [5, 5.41) is 5.07. The standard InChI is InChI=1S/C17H28N2O4/c1-12(23-15(20)11-13-7-5-6-8-13)16(21)19-17(22)18-14-9-3-2-4-10-14/h12-14H,2-11H2,1H3,(H2,18,19,21,22)/t12-/m1/s1. The largest absolute Gasteiger partial charge is 0.453 e. The van der Waals surface area contributed by atoms with E-state index in [4.69, 9.17) is 4.74 Å². The molecule has 130 valence electrons. The van der Waals surface area contributed by atoms with Gasteiger partial charge in [0.1, 0.15) is 0 Å². The van der Waals surface area contributed by atoms with Crippen LogP contribution in [-0.4, -0.2) is 30.1 Å². The van der Waals surface area contributed by atoms with E-state index in [0.29, 0.717) is 12.3 Å². The van der Waals surface area contributed by atoms with Crippen LogP contribution in [0.4, 0.5) is 4.79 Å². The third-order valence-corrected chi connectivity index (χ3v) is 4.78. The van der Waals surface area contributed by atoms with E-state index >= 15 is 0 Å². The number of rotatable bonds is 5. The van der Waals surface area contributed by atoms with Crippen molar-refractivity contribution in [2.45, 2.75) is 83.3 Å². The number of esters is 1. The minimum atomic E-state index is -0.944. The molecule has 0 radical (unpaired) electrons. The summed E-state index contributed by atoms with van der Waals surface area (Å²) >= 11 is 0. The van der Waals surface area contributed by atoms with Crippen LogP contribution in [0.15, 0.2) is 0 Å². The van der Waals surface area contributed by atoms with Crippen LogP contribution < -0.4 is 10.6 Å². The van der Waals surface area contributed by atoms with Gasteiger partial charge in [-0.2, -0.15) is 0 Å². The van der Waals surface area contributed by atoms with Crippen LogP contribution in [0.3, 0.4) is 0 Å². The highest BCUT2D eigenvalue weighted by Crippen LogP contribution is 2.27. The van der Waals surface area contributed by atoms with E-state index in [1.54, 1.807) is 0 Å². The number of hydrogen-bond donors (Lipinski definition) is 2. The van der Waals surface area contributed by atoms with E-state index in [9.17, 15) is 14.4 Å². The highest BCUT2D eigenvalue weighted by atomic mass is 16.5. The Bertz CT molecular complexity index is 426. The molecule has 2 aliphatic rings. The molecular formula is C17H28N2O4. The molecule has 0 aromatic rings. The van der Waals surface area contributed by atoms with Gasteiger partial charge in [-0.05, 0) is 38.5 Å². The smallest absolute Gasteiger partial charge is 0.321 e. The molecule has 0 unspecified atom stereocenters. The van der Waals surface area contributed by atoms with Gasteiger partial charge in [-0.25, -0.2) is 4.79 Å². The number of hydrogen-bond acceptors (Lipinski definition) is 4. The van der Waals surface area contributed by atoms with Crippen molar-refractivity contribution in [2.24, 2.45) is 5.92 Å². The lowest BCUT2D eigenvalue weighted by Gasteiger charge is -2.23. The fraction of sp³-hybridized carbons (Fsp3) is 0.824. The van der Waals surface area contributed by atoms with Crippen LogP contribution in [0.25, 0.3) is 0 Å². The highest BCUT2D eigenvalue weighted by molar-refractivity contribution is 5.97. The fourth-order valence-corrected chi connectivity index (χ4v) is 3.43. The number of ether oxygens (including phenoxy) is 1. The predicted molar refractivity (Wildman–Crippen MR) is 85.7 cm³/mol. The van der Waals surface area contributed by atoms with E-state index in [1.807, 2.05) is 0 Å². The van der Waals surface area contributed by atoms with Gasteiger partial charge in [-0.3, -0.25) is 14.9 Å². The maximum atomic E-state index is 11.9. The molecule has 0 bridgehead atoms.